The molecule has 1 amide bonds. The highest BCUT2D eigenvalue weighted by Gasteiger charge is 2.16. The molecule has 1 heterocycles. The minimum atomic E-state index is 0.0622. The van der Waals surface area contributed by atoms with Gasteiger partial charge in [0, 0.05) is 32.4 Å². The average molecular weight is 263 g/mol. The van der Waals surface area contributed by atoms with E-state index >= 15 is 0 Å². The number of amides is 1. The fraction of sp³-hybridized carbons (Fsp3) is 0.500. The van der Waals surface area contributed by atoms with Crippen molar-refractivity contribution in [3.8, 4) is 0 Å². The summed E-state index contributed by atoms with van der Waals surface area (Å²) in [5.41, 5.74) is 9.61. The lowest BCUT2D eigenvalue weighted by molar-refractivity contribution is -0.116. The third-order valence-corrected chi connectivity index (χ3v) is 3.26. The van der Waals surface area contributed by atoms with Crippen LogP contribution in [0.25, 0.3) is 0 Å². The molecule has 0 aliphatic carbocycles. The minimum Gasteiger partial charge on any atom is -0.397 e. The van der Waals surface area contributed by atoms with E-state index in [1.807, 2.05) is 12.1 Å². The average Bonchev–Trinajstić information content (AvgIpc) is 2.39. The van der Waals surface area contributed by atoms with Crippen LogP contribution in [-0.2, 0) is 16.0 Å². The van der Waals surface area contributed by atoms with Gasteiger partial charge in [0.2, 0.25) is 5.91 Å². The Morgan fingerprint density at radius 1 is 1.37 bits per heavy atom. The normalized spacial score (nSPS) is 13.8. The Kier molecular flexibility index (Phi) is 4.63. The van der Waals surface area contributed by atoms with Gasteiger partial charge in [-0.25, -0.2) is 0 Å². The number of fused-ring (bicyclic) bond motifs is 1. The summed E-state index contributed by atoms with van der Waals surface area (Å²) in [4.78, 5) is 11.3. The molecule has 1 aliphatic heterocycles. The van der Waals surface area contributed by atoms with E-state index < -0.39 is 0 Å². The standard InChI is InChI=1S/C14H21N3O2/c1-19-7-3-2-6-16-13-8-10-4-5-14(18)17-12(10)9-11(13)15/h8-9,16H,2-7,15H2,1H3,(H,17,18). The highest BCUT2D eigenvalue weighted by molar-refractivity contribution is 5.95. The highest BCUT2D eigenvalue weighted by atomic mass is 16.5. The van der Waals surface area contributed by atoms with Crippen LogP contribution in [0.3, 0.4) is 0 Å². The molecule has 5 heteroatoms. The second-order valence-electron chi connectivity index (χ2n) is 4.77. The van der Waals surface area contributed by atoms with Crippen molar-refractivity contribution in [2.24, 2.45) is 0 Å². The lowest BCUT2D eigenvalue weighted by Gasteiger charge is -2.19. The molecule has 2 rings (SSSR count). The van der Waals surface area contributed by atoms with Crippen molar-refractivity contribution in [3.63, 3.8) is 0 Å². The number of hydrogen-bond donors (Lipinski definition) is 3. The van der Waals surface area contributed by atoms with Gasteiger partial charge in [-0.15, -0.1) is 0 Å². The van der Waals surface area contributed by atoms with Gasteiger partial charge in [-0.3, -0.25) is 4.79 Å². The van der Waals surface area contributed by atoms with Gasteiger partial charge in [0.25, 0.3) is 0 Å². The maximum absolute atomic E-state index is 11.3. The number of hydrogen-bond acceptors (Lipinski definition) is 4. The number of rotatable bonds is 6. The van der Waals surface area contributed by atoms with Crippen LogP contribution < -0.4 is 16.4 Å². The van der Waals surface area contributed by atoms with Gasteiger partial charge in [0.05, 0.1) is 11.4 Å². The van der Waals surface area contributed by atoms with Gasteiger partial charge in [-0.1, -0.05) is 0 Å². The van der Waals surface area contributed by atoms with Crippen LogP contribution in [-0.4, -0.2) is 26.2 Å². The van der Waals surface area contributed by atoms with Gasteiger partial charge in [-0.2, -0.15) is 0 Å². The molecule has 104 valence electrons. The first-order valence-corrected chi connectivity index (χ1v) is 6.66. The molecule has 19 heavy (non-hydrogen) atoms. The summed E-state index contributed by atoms with van der Waals surface area (Å²) >= 11 is 0. The number of aryl methyl sites for hydroxylation is 1. The third kappa shape index (κ3) is 3.61. The molecule has 0 saturated carbocycles. The number of ether oxygens (including phenoxy) is 1. The van der Waals surface area contributed by atoms with E-state index in [1.54, 1.807) is 7.11 Å². The van der Waals surface area contributed by atoms with Crippen molar-refractivity contribution in [2.45, 2.75) is 25.7 Å². The number of carbonyl (C=O) groups is 1. The van der Waals surface area contributed by atoms with Gasteiger partial charge in [0.1, 0.15) is 0 Å². The molecule has 1 aliphatic rings. The zero-order valence-electron chi connectivity index (χ0n) is 11.3. The lowest BCUT2D eigenvalue weighted by atomic mass is 10.0. The summed E-state index contributed by atoms with van der Waals surface area (Å²) in [6.07, 6.45) is 3.40. The van der Waals surface area contributed by atoms with Crippen molar-refractivity contribution in [1.82, 2.24) is 0 Å². The largest absolute Gasteiger partial charge is 0.397 e. The van der Waals surface area contributed by atoms with Crippen molar-refractivity contribution >= 4 is 23.0 Å². The number of methoxy groups -OCH3 is 1. The van der Waals surface area contributed by atoms with Crippen LogP contribution in [0.15, 0.2) is 12.1 Å². The molecule has 1 aromatic rings. The second-order valence-corrected chi connectivity index (χ2v) is 4.77. The molecule has 0 unspecified atom stereocenters. The zero-order chi connectivity index (χ0) is 13.7. The molecule has 1 aromatic carbocycles. The van der Waals surface area contributed by atoms with E-state index in [0.29, 0.717) is 12.1 Å². The Bertz CT molecular complexity index is 460. The van der Waals surface area contributed by atoms with Gasteiger partial charge < -0.3 is 21.1 Å². The predicted octanol–water partition coefficient (Wildman–Crippen LogP) is 1.99. The summed E-state index contributed by atoms with van der Waals surface area (Å²) < 4.78 is 5.01. The molecule has 0 saturated heterocycles. The first kappa shape index (κ1) is 13.7. The summed E-state index contributed by atoms with van der Waals surface area (Å²) in [7, 11) is 1.71. The summed E-state index contributed by atoms with van der Waals surface area (Å²) in [5, 5.41) is 6.19. The van der Waals surface area contributed by atoms with E-state index in [-0.39, 0.29) is 5.91 Å². The molecule has 0 radical (unpaired) electrons. The molecule has 0 atom stereocenters. The van der Waals surface area contributed by atoms with E-state index in [9.17, 15) is 4.79 Å². The van der Waals surface area contributed by atoms with E-state index in [1.165, 1.54) is 0 Å². The summed E-state index contributed by atoms with van der Waals surface area (Å²) in [5.74, 6) is 0.0622. The fourth-order valence-electron chi connectivity index (χ4n) is 2.19. The van der Waals surface area contributed by atoms with E-state index in [2.05, 4.69) is 10.6 Å². The quantitative estimate of drug-likeness (QED) is 0.542. The zero-order valence-corrected chi connectivity index (χ0v) is 11.3. The molecule has 0 fully saturated rings. The van der Waals surface area contributed by atoms with Gasteiger partial charge in [0.15, 0.2) is 0 Å². The van der Waals surface area contributed by atoms with Crippen LogP contribution in [0, 0.1) is 0 Å². The first-order chi connectivity index (χ1) is 9.20. The number of carbonyl (C=O) groups excluding carboxylic acids is 1. The number of benzene rings is 1. The lowest BCUT2D eigenvalue weighted by Crippen LogP contribution is -2.19. The maximum atomic E-state index is 11.3. The number of nitrogens with one attached hydrogen (secondary N) is 2. The monoisotopic (exact) mass is 263 g/mol. The van der Waals surface area contributed by atoms with E-state index in [4.69, 9.17) is 10.5 Å². The van der Waals surface area contributed by atoms with Crippen molar-refractivity contribution in [3.05, 3.63) is 17.7 Å². The maximum Gasteiger partial charge on any atom is 0.224 e. The fourth-order valence-corrected chi connectivity index (χ4v) is 2.19. The number of unbranched alkanes of at least 4 members (excludes halogenated alkanes) is 1. The molecule has 4 N–H and O–H groups in total. The SMILES string of the molecule is COCCCCNc1cc2c(cc1N)NC(=O)CC2. The van der Waals surface area contributed by atoms with Crippen LogP contribution >= 0.6 is 0 Å². The minimum absolute atomic E-state index is 0.0622. The Balaban J connectivity index is 1.96. The molecular weight excluding hydrogens is 242 g/mol. The number of nitrogens with two attached hydrogens (primary N) is 1. The number of anilines is 3. The van der Waals surface area contributed by atoms with Crippen LogP contribution in [0.4, 0.5) is 17.1 Å². The molecule has 0 bridgehead atoms. The predicted molar refractivity (Wildman–Crippen MR) is 77.4 cm³/mol. The van der Waals surface area contributed by atoms with Crippen molar-refractivity contribution in [1.29, 1.82) is 0 Å². The topological polar surface area (TPSA) is 76.4 Å². The first-order valence-electron chi connectivity index (χ1n) is 6.66. The highest BCUT2D eigenvalue weighted by Crippen LogP contribution is 2.30. The Labute approximate surface area is 113 Å². The van der Waals surface area contributed by atoms with E-state index in [0.717, 1.165) is 49.4 Å². The molecule has 0 spiro atoms. The molecular formula is C14H21N3O2. The smallest absolute Gasteiger partial charge is 0.224 e. The van der Waals surface area contributed by atoms with Crippen molar-refractivity contribution < 1.29 is 9.53 Å². The van der Waals surface area contributed by atoms with Crippen LogP contribution in [0.5, 0.6) is 0 Å². The van der Waals surface area contributed by atoms with Crippen LogP contribution in [0.2, 0.25) is 0 Å². The Morgan fingerprint density at radius 3 is 3.00 bits per heavy atom. The van der Waals surface area contributed by atoms with Gasteiger partial charge >= 0.3 is 0 Å². The molecule has 0 aromatic heterocycles. The van der Waals surface area contributed by atoms with Crippen LogP contribution in [0.1, 0.15) is 24.8 Å². The summed E-state index contributed by atoms with van der Waals surface area (Å²) in [6.45, 7) is 1.66. The Hall–Kier alpha value is -1.75. The van der Waals surface area contributed by atoms with Gasteiger partial charge in [-0.05, 0) is 37.0 Å². The Morgan fingerprint density at radius 2 is 2.21 bits per heavy atom. The number of nitrogen functional groups attached to an aromatic ring is 1. The van der Waals surface area contributed by atoms with Crippen molar-refractivity contribution in [2.75, 3.05) is 36.6 Å². The molecule has 5 nitrogen and oxygen atoms in total. The summed E-state index contributed by atoms with van der Waals surface area (Å²) in [6, 6.07) is 3.88. The second kappa shape index (κ2) is 6.43. The third-order valence-electron chi connectivity index (χ3n) is 3.26.